The van der Waals surface area contributed by atoms with Gasteiger partial charge in [-0.25, -0.2) is 0 Å². The van der Waals surface area contributed by atoms with E-state index >= 15 is 0 Å². The lowest BCUT2D eigenvalue weighted by atomic mass is 10.0. The van der Waals surface area contributed by atoms with E-state index in [0.29, 0.717) is 12.1 Å². The fourth-order valence-corrected chi connectivity index (χ4v) is 2.79. The lowest BCUT2D eigenvalue weighted by Gasteiger charge is -2.07. The first-order valence-corrected chi connectivity index (χ1v) is 8.09. The highest BCUT2D eigenvalue weighted by molar-refractivity contribution is 5.94. The maximum Gasteiger partial charge on any atom is 0.251 e. The maximum atomic E-state index is 12.3. The number of aromatic amines is 1. The van der Waals surface area contributed by atoms with Crippen LogP contribution in [0.2, 0.25) is 0 Å². The van der Waals surface area contributed by atoms with Crippen LogP contribution in [0.25, 0.3) is 11.1 Å². The Bertz CT molecular complexity index is 800. The zero-order valence-electron chi connectivity index (χ0n) is 14.0. The van der Waals surface area contributed by atoms with Gasteiger partial charge in [-0.05, 0) is 49.1 Å². The van der Waals surface area contributed by atoms with E-state index in [1.807, 2.05) is 56.3 Å². The van der Waals surface area contributed by atoms with Gasteiger partial charge in [-0.2, -0.15) is 5.10 Å². The number of hydrogen-bond acceptors (Lipinski definition) is 2. The summed E-state index contributed by atoms with van der Waals surface area (Å²) in [6.45, 7) is 4.57. The largest absolute Gasteiger partial charge is 0.352 e. The molecule has 24 heavy (non-hydrogen) atoms. The minimum atomic E-state index is -0.0478. The summed E-state index contributed by atoms with van der Waals surface area (Å²) < 4.78 is 0. The molecule has 1 heterocycles. The first-order chi connectivity index (χ1) is 11.6. The summed E-state index contributed by atoms with van der Waals surface area (Å²) in [4.78, 5) is 12.3. The molecular formula is C20H21N3O. The smallest absolute Gasteiger partial charge is 0.251 e. The molecule has 0 fully saturated rings. The number of aromatic nitrogens is 2. The van der Waals surface area contributed by atoms with Gasteiger partial charge in [0.25, 0.3) is 5.91 Å². The molecule has 122 valence electrons. The molecule has 0 aliphatic carbocycles. The van der Waals surface area contributed by atoms with E-state index in [2.05, 4.69) is 27.6 Å². The Morgan fingerprint density at radius 1 is 1.00 bits per heavy atom. The minimum Gasteiger partial charge on any atom is -0.352 e. The Morgan fingerprint density at radius 3 is 2.29 bits per heavy atom. The van der Waals surface area contributed by atoms with Crippen molar-refractivity contribution in [1.82, 2.24) is 15.5 Å². The second-order valence-corrected chi connectivity index (χ2v) is 5.86. The van der Waals surface area contributed by atoms with Crippen molar-refractivity contribution in [3.05, 3.63) is 77.1 Å². The number of carbonyl (C=O) groups excluding carboxylic acids is 1. The van der Waals surface area contributed by atoms with Crippen LogP contribution < -0.4 is 5.32 Å². The molecule has 0 bridgehead atoms. The highest BCUT2D eigenvalue weighted by atomic mass is 16.1. The lowest BCUT2D eigenvalue weighted by Crippen LogP contribution is -2.25. The van der Waals surface area contributed by atoms with Gasteiger partial charge in [-0.15, -0.1) is 0 Å². The van der Waals surface area contributed by atoms with Crippen LogP contribution in [0.5, 0.6) is 0 Å². The molecule has 1 amide bonds. The zero-order valence-corrected chi connectivity index (χ0v) is 14.0. The van der Waals surface area contributed by atoms with Crippen molar-refractivity contribution < 1.29 is 4.79 Å². The highest BCUT2D eigenvalue weighted by Gasteiger charge is 2.08. The van der Waals surface area contributed by atoms with Gasteiger partial charge in [0.2, 0.25) is 0 Å². The van der Waals surface area contributed by atoms with Crippen LogP contribution in [0.3, 0.4) is 0 Å². The summed E-state index contributed by atoms with van der Waals surface area (Å²) in [5, 5.41) is 10.1. The van der Waals surface area contributed by atoms with Crippen LogP contribution in [0.4, 0.5) is 0 Å². The third-order valence-corrected chi connectivity index (χ3v) is 4.20. The molecule has 3 rings (SSSR count). The van der Waals surface area contributed by atoms with E-state index in [-0.39, 0.29) is 5.91 Å². The zero-order chi connectivity index (χ0) is 16.9. The second-order valence-electron chi connectivity index (χ2n) is 5.86. The van der Waals surface area contributed by atoms with Crippen LogP contribution in [0.15, 0.2) is 54.6 Å². The lowest BCUT2D eigenvalue weighted by molar-refractivity contribution is 0.0954. The topological polar surface area (TPSA) is 57.8 Å². The van der Waals surface area contributed by atoms with Gasteiger partial charge >= 0.3 is 0 Å². The molecular weight excluding hydrogens is 298 g/mol. The highest BCUT2D eigenvalue weighted by Crippen LogP contribution is 2.19. The summed E-state index contributed by atoms with van der Waals surface area (Å²) in [5.74, 6) is -0.0478. The van der Waals surface area contributed by atoms with E-state index in [0.717, 1.165) is 28.9 Å². The van der Waals surface area contributed by atoms with Crippen molar-refractivity contribution in [2.24, 2.45) is 0 Å². The van der Waals surface area contributed by atoms with E-state index in [4.69, 9.17) is 0 Å². The van der Waals surface area contributed by atoms with E-state index in [1.165, 1.54) is 5.56 Å². The molecule has 2 aromatic carbocycles. The summed E-state index contributed by atoms with van der Waals surface area (Å²) in [5.41, 5.74) is 6.17. The average Bonchev–Trinajstić information content (AvgIpc) is 2.94. The van der Waals surface area contributed by atoms with Crippen molar-refractivity contribution in [3.8, 4) is 11.1 Å². The van der Waals surface area contributed by atoms with Gasteiger partial charge in [0, 0.05) is 17.8 Å². The Balaban J connectivity index is 1.59. The average molecular weight is 319 g/mol. The molecule has 4 heteroatoms. The van der Waals surface area contributed by atoms with Gasteiger partial charge < -0.3 is 5.32 Å². The molecule has 0 saturated heterocycles. The molecule has 0 unspecified atom stereocenters. The van der Waals surface area contributed by atoms with Gasteiger partial charge in [0.05, 0.1) is 5.69 Å². The Morgan fingerprint density at radius 2 is 1.67 bits per heavy atom. The standard InChI is InChI=1S/C20H21N3O/c1-14-19(15(2)23-22-14)12-13-21-20(24)18-10-8-17(9-11-18)16-6-4-3-5-7-16/h3-11H,12-13H2,1-2H3,(H,21,24)(H,22,23). The van der Waals surface area contributed by atoms with Gasteiger partial charge in [-0.1, -0.05) is 42.5 Å². The Hall–Kier alpha value is -2.88. The molecule has 2 N–H and O–H groups in total. The first-order valence-electron chi connectivity index (χ1n) is 8.09. The van der Waals surface area contributed by atoms with E-state index in [1.54, 1.807) is 0 Å². The molecule has 0 radical (unpaired) electrons. The van der Waals surface area contributed by atoms with Crippen LogP contribution in [-0.4, -0.2) is 22.6 Å². The molecule has 0 spiro atoms. The van der Waals surface area contributed by atoms with E-state index < -0.39 is 0 Å². The number of H-pyrrole nitrogens is 1. The normalized spacial score (nSPS) is 10.6. The predicted molar refractivity (Wildman–Crippen MR) is 96.0 cm³/mol. The molecule has 1 aromatic heterocycles. The second kappa shape index (κ2) is 7.13. The number of amides is 1. The molecule has 4 nitrogen and oxygen atoms in total. The van der Waals surface area contributed by atoms with E-state index in [9.17, 15) is 4.79 Å². The number of aryl methyl sites for hydroxylation is 2. The predicted octanol–water partition coefficient (Wildman–Crippen LogP) is 3.67. The summed E-state index contributed by atoms with van der Waals surface area (Å²) in [7, 11) is 0. The minimum absolute atomic E-state index is 0.0478. The monoisotopic (exact) mass is 319 g/mol. The Kier molecular flexibility index (Phi) is 4.75. The molecule has 0 aliphatic heterocycles. The molecule has 0 atom stereocenters. The van der Waals surface area contributed by atoms with Crippen LogP contribution in [-0.2, 0) is 6.42 Å². The first kappa shape index (κ1) is 16.0. The number of carbonyl (C=O) groups is 1. The Labute approximate surface area is 141 Å². The summed E-state index contributed by atoms with van der Waals surface area (Å²) in [6.07, 6.45) is 0.780. The number of rotatable bonds is 5. The maximum absolute atomic E-state index is 12.3. The fourth-order valence-electron chi connectivity index (χ4n) is 2.79. The van der Waals surface area contributed by atoms with Crippen LogP contribution in [0.1, 0.15) is 27.3 Å². The molecule has 3 aromatic rings. The van der Waals surface area contributed by atoms with Gasteiger partial charge in [0.1, 0.15) is 0 Å². The van der Waals surface area contributed by atoms with Crippen molar-refractivity contribution in [2.45, 2.75) is 20.3 Å². The summed E-state index contributed by atoms with van der Waals surface area (Å²) in [6, 6.07) is 17.8. The van der Waals surface area contributed by atoms with Crippen molar-refractivity contribution in [1.29, 1.82) is 0 Å². The quantitative estimate of drug-likeness (QED) is 0.754. The van der Waals surface area contributed by atoms with Crippen molar-refractivity contribution in [3.63, 3.8) is 0 Å². The number of benzene rings is 2. The third kappa shape index (κ3) is 3.54. The van der Waals surface area contributed by atoms with Crippen molar-refractivity contribution >= 4 is 5.91 Å². The number of nitrogens with one attached hydrogen (secondary N) is 2. The molecule has 0 aliphatic rings. The third-order valence-electron chi connectivity index (χ3n) is 4.20. The van der Waals surface area contributed by atoms with Crippen molar-refractivity contribution in [2.75, 3.05) is 6.54 Å². The van der Waals surface area contributed by atoms with Crippen LogP contribution in [0, 0.1) is 13.8 Å². The fraction of sp³-hybridized carbons (Fsp3) is 0.200. The molecule has 0 saturated carbocycles. The van der Waals surface area contributed by atoms with Crippen LogP contribution >= 0.6 is 0 Å². The van der Waals surface area contributed by atoms with Gasteiger partial charge in [-0.3, -0.25) is 9.89 Å². The number of hydrogen-bond donors (Lipinski definition) is 2. The van der Waals surface area contributed by atoms with Gasteiger partial charge in [0.15, 0.2) is 0 Å². The summed E-state index contributed by atoms with van der Waals surface area (Å²) >= 11 is 0. The number of nitrogens with zero attached hydrogens (tertiary/aromatic N) is 1. The SMILES string of the molecule is Cc1n[nH]c(C)c1CCNC(=O)c1ccc(-c2ccccc2)cc1.